The van der Waals surface area contributed by atoms with Crippen LogP contribution in [-0.2, 0) is 11.3 Å². The van der Waals surface area contributed by atoms with Crippen LogP contribution < -0.4 is 5.32 Å². The lowest BCUT2D eigenvalue weighted by molar-refractivity contribution is -0.131. The summed E-state index contributed by atoms with van der Waals surface area (Å²) >= 11 is 1.45. The molecule has 0 bridgehead atoms. The number of carbonyl (C=O) groups is 2. The highest BCUT2D eigenvalue weighted by atomic mass is 32.1. The second kappa shape index (κ2) is 6.01. The first-order valence-corrected chi connectivity index (χ1v) is 6.33. The van der Waals surface area contributed by atoms with E-state index in [9.17, 15) is 9.59 Å². The summed E-state index contributed by atoms with van der Waals surface area (Å²) in [6.45, 7) is 0.380. The van der Waals surface area contributed by atoms with Crippen LogP contribution in [0.5, 0.6) is 0 Å². The standard InChI is InChI=1S/C13H11NO4S/c15-12(16)4-3-9-6-10(19-8-9)7-14-13(17)11-2-1-5-18-11/h1-6,8H,7H2,(H,14,17)(H,15,16). The first-order valence-electron chi connectivity index (χ1n) is 5.45. The molecule has 0 aliphatic rings. The molecule has 6 heteroatoms. The molecule has 0 aliphatic carbocycles. The minimum atomic E-state index is -0.987. The minimum absolute atomic E-state index is 0.266. The van der Waals surface area contributed by atoms with Gasteiger partial charge in [0.15, 0.2) is 5.76 Å². The second-order valence-corrected chi connectivity index (χ2v) is 4.67. The third-order valence-corrected chi connectivity index (χ3v) is 3.22. The molecule has 0 radical (unpaired) electrons. The van der Waals surface area contributed by atoms with Gasteiger partial charge in [0.25, 0.3) is 5.91 Å². The molecule has 2 aromatic heterocycles. The fourth-order valence-corrected chi connectivity index (χ4v) is 2.20. The van der Waals surface area contributed by atoms with Crippen molar-refractivity contribution in [2.75, 3.05) is 0 Å². The number of hydrogen-bond acceptors (Lipinski definition) is 4. The molecule has 2 N–H and O–H groups in total. The fraction of sp³-hybridized carbons (Fsp3) is 0.0769. The van der Waals surface area contributed by atoms with Crippen LogP contribution in [0, 0.1) is 0 Å². The Morgan fingerprint density at radius 2 is 2.32 bits per heavy atom. The predicted octanol–water partition coefficient (Wildman–Crippen LogP) is 2.37. The molecule has 0 fully saturated rings. The molecule has 98 valence electrons. The molecule has 2 aromatic rings. The molecule has 0 aliphatic heterocycles. The van der Waals surface area contributed by atoms with Gasteiger partial charge in [-0.2, -0.15) is 0 Å². The van der Waals surface area contributed by atoms with Crippen molar-refractivity contribution in [1.82, 2.24) is 5.32 Å². The van der Waals surface area contributed by atoms with E-state index in [0.29, 0.717) is 6.54 Å². The van der Waals surface area contributed by atoms with Crippen molar-refractivity contribution in [2.45, 2.75) is 6.54 Å². The summed E-state index contributed by atoms with van der Waals surface area (Å²) in [4.78, 5) is 22.9. The number of furan rings is 1. The largest absolute Gasteiger partial charge is 0.478 e. The van der Waals surface area contributed by atoms with Crippen LogP contribution in [0.25, 0.3) is 6.08 Å². The molecule has 0 spiro atoms. The van der Waals surface area contributed by atoms with Gasteiger partial charge in [-0.05, 0) is 35.2 Å². The van der Waals surface area contributed by atoms with E-state index in [4.69, 9.17) is 9.52 Å². The van der Waals surface area contributed by atoms with E-state index in [0.717, 1.165) is 16.5 Å². The Bertz CT molecular complexity index is 598. The quantitative estimate of drug-likeness (QED) is 0.822. The number of nitrogens with one attached hydrogen (secondary N) is 1. The SMILES string of the molecule is O=C(O)C=Cc1csc(CNC(=O)c2ccco2)c1. The van der Waals surface area contributed by atoms with E-state index < -0.39 is 5.97 Å². The summed E-state index contributed by atoms with van der Waals surface area (Å²) in [6.07, 6.45) is 4.03. The van der Waals surface area contributed by atoms with E-state index in [-0.39, 0.29) is 11.7 Å². The average Bonchev–Trinajstić information content (AvgIpc) is 3.04. The lowest BCUT2D eigenvalue weighted by Gasteiger charge is -1.99. The van der Waals surface area contributed by atoms with E-state index in [1.807, 2.05) is 11.4 Å². The molecular formula is C13H11NO4S. The zero-order valence-corrected chi connectivity index (χ0v) is 10.6. The summed E-state index contributed by atoms with van der Waals surface area (Å²) in [6, 6.07) is 5.06. The van der Waals surface area contributed by atoms with Crippen LogP contribution in [0.3, 0.4) is 0 Å². The van der Waals surface area contributed by atoms with E-state index >= 15 is 0 Å². The lowest BCUT2D eigenvalue weighted by atomic mass is 10.3. The molecule has 5 nitrogen and oxygen atoms in total. The molecule has 0 saturated heterocycles. The number of rotatable bonds is 5. The van der Waals surface area contributed by atoms with E-state index in [1.54, 1.807) is 12.1 Å². The first kappa shape index (κ1) is 13.1. The van der Waals surface area contributed by atoms with Crippen molar-refractivity contribution >= 4 is 29.3 Å². The normalized spacial score (nSPS) is 10.7. The third kappa shape index (κ3) is 3.82. The monoisotopic (exact) mass is 277 g/mol. The van der Waals surface area contributed by atoms with Gasteiger partial charge in [0.2, 0.25) is 0 Å². The van der Waals surface area contributed by atoms with Gasteiger partial charge in [-0.15, -0.1) is 11.3 Å². The maximum atomic E-state index is 11.6. The summed E-state index contributed by atoms with van der Waals surface area (Å²) in [5.41, 5.74) is 0.801. The molecule has 2 rings (SSSR count). The zero-order chi connectivity index (χ0) is 13.7. The van der Waals surface area contributed by atoms with Crippen molar-refractivity contribution in [3.63, 3.8) is 0 Å². The Kier molecular flexibility index (Phi) is 4.15. The topological polar surface area (TPSA) is 79.5 Å². The van der Waals surface area contributed by atoms with Crippen LogP contribution in [0.15, 0.2) is 40.3 Å². The van der Waals surface area contributed by atoms with Gasteiger partial charge < -0.3 is 14.8 Å². The van der Waals surface area contributed by atoms with Crippen LogP contribution in [0.1, 0.15) is 21.0 Å². The van der Waals surface area contributed by atoms with Crippen molar-refractivity contribution in [3.05, 3.63) is 52.1 Å². The summed E-state index contributed by atoms with van der Waals surface area (Å²) in [7, 11) is 0. The Morgan fingerprint density at radius 3 is 3.00 bits per heavy atom. The number of amides is 1. The molecule has 0 aromatic carbocycles. The fourth-order valence-electron chi connectivity index (χ4n) is 1.41. The summed E-state index contributed by atoms with van der Waals surface area (Å²) in [5.74, 6) is -0.998. The first-order chi connectivity index (χ1) is 9.15. The summed E-state index contributed by atoms with van der Waals surface area (Å²) < 4.78 is 4.97. The second-order valence-electron chi connectivity index (χ2n) is 3.68. The van der Waals surface area contributed by atoms with Crippen molar-refractivity contribution in [2.24, 2.45) is 0 Å². The lowest BCUT2D eigenvalue weighted by Crippen LogP contribution is -2.21. The van der Waals surface area contributed by atoms with Crippen molar-refractivity contribution < 1.29 is 19.1 Å². The van der Waals surface area contributed by atoms with Crippen molar-refractivity contribution in [1.29, 1.82) is 0 Å². The molecule has 2 heterocycles. The van der Waals surface area contributed by atoms with Gasteiger partial charge in [-0.1, -0.05) is 0 Å². The number of thiophene rings is 1. The Hall–Kier alpha value is -2.34. The smallest absolute Gasteiger partial charge is 0.328 e. The molecule has 0 saturated carbocycles. The molecule has 0 atom stereocenters. The number of aliphatic carboxylic acids is 1. The van der Waals surface area contributed by atoms with Crippen LogP contribution in [0.4, 0.5) is 0 Å². The molecule has 1 amide bonds. The maximum absolute atomic E-state index is 11.6. The van der Waals surface area contributed by atoms with Gasteiger partial charge in [-0.3, -0.25) is 4.79 Å². The van der Waals surface area contributed by atoms with Gasteiger partial charge in [0.1, 0.15) is 0 Å². The highest BCUT2D eigenvalue weighted by molar-refractivity contribution is 7.10. The minimum Gasteiger partial charge on any atom is -0.478 e. The van der Waals surface area contributed by atoms with E-state index in [2.05, 4.69) is 5.32 Å². The van der Waals surface area contributed by atoms with Gasteiger partial charge in [-0.25, -0.2) is 4.79 Å². The Labute approximate surface area is 113 Å². The average molecular weight is 277 g/mol. The molecule has 0 unspecified atom stereocenters. The van der Waals surface area contributed by atoms with Gasteiger partial charge >= 0.3 is 5.97 Å². The zero-order valence-electron chi connectivity index (χ0n) is 9.83. The Balaban J connectivity index is 1.90. The third-order valence-electron chi connectivity index (χ3n) is 2.26. The van der Waals surface area contributed by atoms with Crippen LogP contribution >= 0.6 is 11.3 Å². The highest BCUT2D eigenvalue weighted by Crippen LogP contribution is 2.16. The van der Waals surface area contributed by atoms with Crippen molar-refractivity contribution in [3.8, 4) is 0 Å². The molecular weight excluding hydrogens is 266 g/mol. The van der Waals surface area contributed by atoms with E-state index in [1.165, 1.54) is 23.7 Å². The maximum Gasteiger partial charge on any atom is 0.328 e. The molecule has 19 heavy (non-hydrogen) atoms. The number of carboxylic acid groups (broad SMARTS) is 1. The Morgan fingerprint density at radius 1 is 1.47 bits per heavy atom. The predicted molar refractivity (Wildman–Crippen MR) is 70.9 cm³/mol. The number of hydrogen-bond donors (Lipinski definition) is 2. The van der Waals surface area contributed by atoms with Gasteiger partial charge in [0, 0.05) is 11.0 Å². The van der Waals surface area contributed by atoms with Crippen LogP contribution in [0.2, 0.25) is 0 Å². The van der Waals surface area contributed by atoms with Gasteiger partial charge in [0.05, 0.1) is 12.8 Å². The highest BCUT2D eigenvalue weighted by Gasteiger charge is 2.08. The number of carbonyl (C=O) groups excluding carboxylic acids is 1. The number of carboxylic acids is 1. The summed E-state index contributed by atoms with van der Waals surface area (Å²) in [5, 5.41) is 13.1. The van der Waals surface area contributed by atoms with Crippen LogP contribution in [-0.4, -0.2) is 17.0 Å².